The fourth-order valence-corrected chi connectivity index (χ4v) is 4.26. The van der Waals surface area contributed by atoms with Gasteiger partial charge in [0.2, 0.25) is 5.91 Å². The summed E-state index contributed by atoms with van der Waals surface area (Å²) >= 11 is 9.16. The van der Waals surface area contributed by atoms with Crippen LogP contribution >= 0.6 is 34.7 Å². The molecule has 11 heteroatoms. The minimum absolute atomic E-state index is 0.175. The smallest absolute Gasteiger partial charge is 0.234 e. The van der Waals surface area contributed by atoms with Gasteiger partial charge in [-0.05, 0) is 36.1 Å². The summed E-state index contributed by atoms with van der Waals surface area (Å²) in [6.45, 7) is 0.766. The highest BCUT2D eigenvalue weighted by Gasteiger charge is 2.13. The maximum absolute atomic E-state index is 12.5. The number of hydrogen-bond donors (Lipinski definition) is 1. The Hall–Kier alpha value is -2.69. The Balaban J connectivity index is 1.38. The second-order valence-corrected chi connectivity index (χ2v) is 8.39. The van der Waals surface area contributed by atoms with Crippen molar-refractivity contribution in [2.45, 2.75) is 18.1 Å². The van der Waals surface area contributed by atoms with E-state index >= 15 is 0 Å². The maximum atomic E-state index is 12.5. The zero-order valence-electron chi connectivity index (χ0n) is 15.1. The number of aryl methyl sites for hydroxylation is 2. The predicted molar refractivity (Wildman–Crippen MR) is 114 cm³/mol. The van der Waals surface area contributed by atoms with Gasteiger partial charge in [0.05, 0.1) is 17.1 Å². The van der Waals surface area contributed by atoms with Gasteiger partial charge < -0.3 is 9.88 Å². The summed E-state index contributed by atoms with van der Waals surface area (Å²) in [6, 6.07) is 9.34. The molecule has 0 fully saturated rings. The SMILES string of the molecule is O=C(CSc1nncn1CCc1cccs1)Nc1cc(Cl)ccc1-n1cncn1. The molecular formula is C18H16ClN7OS2. The zero-order valence-corrected chi connectivity index (χ0v) is 17.5. The summed E-state index contributed by atoms with van der Waals surface area (Å²) in [4.78, 5) is 17.8. The fraction of sp³-hybridized carbons (Fsp3) is 0.167. The molecule has 1 amide bonds. The minimum Gasteiger partial charge on any atom is -0.323 e. The second kappa shape index (κ2) is 9.21. The molecule has 1 N–H and O–H groups in total. The number of nitrogens with zero attached hydrogens (tertiary/aromatic N) is 6. The lowest BCUT2D eigenvalue weighted by Crippen LogP contribution is -2.16. The summed E-state index contributed by atoms with van der Waals surface area (Å²) in [5.41, 5.74) is 1.25. The third-order valence-electron chi connectivity index (χ3n) is 3.99. The van der Waals surface area contributed by atoms with Gasteiger partial charge in [-0.1, -0.05) is 29.4 Å². The van der Waals surface area contributed by atoms with E-state index < -0.39 is 0 Å². The van der Waals surface area contributed by atoms with Crippen LogP contribution in [0, 0.1) is 0 Å². The van der Waals surface area contributed by atoms with Crippen LogP contribution in [-0.2, 0) is 17.8 Å². The van der Waals surface area contributed by atoms with E-state index in [-0.39, 0.29) is 11.7 Å². The number of carbonyl (C=O) groups is 1. The third kappa shape index (κ3) is 5.03. The molecule has 0 atom stereocenters. The van der Waals surface area contributed by atoms with Crippen LogP contribution in [0.15, 0.2) is 59.9 Å². The van der Waals surface area contributed by atoms with Gasteiger partial charge in [-0.25, -0.2) is 9.67 Å². The molecule has 0 radical (unpaired) electrons. The van der Waals surface area contributed by atoms with Crippen LogP contribution in [0.25, 0.3) is 5.69 Å². The van der Waals surface area contributed by atoms with E-state index in [0.717, 1.165) is 13.0 Å². The van der Waals surface area contributed by atoms with Gasteiger partial charge in [0, 0.05) is 16.4 Å². The average Bonchev–Trinajstić information content (AvgIpc) is 3.47. The first kappa shape index (κ1) is 19.6. The van der Waals surface area contributed by atoms with Crippen LogP contribution in [0.4, 0.5) is 5.69 Å². The molecule has 1 aromatic carbocycles. The number of benzene rings is 1. The van der Waals surface area contributed by atoms with Gasteiger partial charge in [0.25, 0.3) is 0 Å². The number of aromatic nitrogens is 6. The minimum atomic E-state index is -0.175. The summed E-state index contributed by atoms with van der Waals surface area (Å²) in [7, 11) is 0. The van der Waals surface area contributed by atoms with Crippen molar-refractivity contribution in [2.24, 2.45) is 0 Å². The molecule has 29 heavy (non-hydrogen) atoms. The van der Waals surface area contributed by atoms with Gasteiger partial charge in [-0.15, -0.1) is 21.5 Å². The lowest BCUT2D eigenvalue weighted by molar-refractivity contribution is -0.113. The van der Waals surface area contributed by atoms with Gasteiger partial charge >= 0.3 is 0 Å². The molecule has 3 heterocycles. The van der Waals surface area contributed by atoms with Crippen molar-refractivity contribution in [3.8, 4) is 5.69 Å². The molecule has 3 aromatic heterocycles. The highest BCUT2D eigenvalue weighted by Crippen LogP contribution is 2.25. The Morgan fingerprint density at radius 3 is 3.00 bits per heavy atom. The summed E-state index contributed by atoms with van der Waals surface area (Å²) in [5, 5.41) is 18.4. The maximum Gasteiger partial charge on any atom is 0.234 e. The van der Waals surface area contributed by atoms with Gasteiger partial charge in [-0.2, -0.15) is 5.10 Å². The monoisotopic (exact) mass is 445 g/mol. The standard InChI is InChI=1S/C18H16ClN7OS2/c19-13-3-4-16(26-11-20-10-22-26)15(8-13)23-17(27)9-29-18-24-21-12-25(18)6-5-14-2-1-7-28-14/h1-4,7-8,10-12H,5-6,9H2,(H,23,27). The quantitative estimate of drug-likeness (QED) is 0.417. The number of thioether (sulfide) groups is 1. The highest BCUT2D eigenvalue weighted by molar-refractivity contribution is 7.99. The van der Waals surface area contributed by atoms with Crippen LogP contribution in [0.2, 0.25) is 5.02 Å². The predicted octanol–water partition coefficient (Wildman–Crippen LogP) is 3.55. The Morgan fingerprint density at radius 2 is 2.21 bits per heavy atom. The highest BCUT2D eigenvalue weighted by atomic mass is 35.5. The number of carbonyl (C=O) groups excluding carboxylic acids is 1. The Labute approximate surface area is 179 Å². The molecule has 0 unspecified atom stereocenters. The molecule has 0 aliphatic heterocycles. The summed E-state index contributed by atoms with van der Waals surface area (Å²) in [6.07, 6.45) is 5.58. The lowest BCUT2D eigenvalue weighted by atomic mass is 10.2. The Morgan fingerprint density at radius 1 is 1.28 bits per heavy atom. The van der Waals surface area contributed by atoms with Crippen molar-refractivity contribution < 1.29 is 4.79 Å². The van der Waals surface area contributed by atoms with E-state index in [0.29, 0.717) is 21.6 Å². The van der Waals surface area contributed by atoms with Crippen LogP contribution in [-0.4, -0.2) is 41.2 Å². The van der Waals surface area contributed by atoms with Crippen molar-refractivity contribution in [1.82, 2.24) is 29.5 Å². The molecule has 0 bridgehead atoms. The van der Waals surface area contributed by atoms with Crippen LogP contribution in [0.3, 0.4) is 0 Å². The van der Waals surface area contributed by atoms with E-state index in [1.165, 1.54) is 23.0 Å². The van der Waals surface area contributed by atoms with Crippen LogP contribution < -0.4 is 5.32 Å². The topological polar surface area (TPSA) is 90.5 Å². The lowest BCUT2D eigenvalue weighted by Gasteiger charge is -2.11. The number of thiophene rings is 1. The van der Waals surface area contributed by atoms with Crippen LogP contribution in [0.1, 0.15) is 4.88 Å². The number of nitrogens with one attached hydrogen (secondary N) is 1. The Kier molecular flexibility index (Phi) is 6.23. The zero-order chi connectivity index (χ0) is 20.1. The van der Waals surface area contributed by atoms with Crippen molar-refractivity contribution in [2.75, 3.05) is 11.1 Å². The molecule has 4 rings (SSSR count). The largest absolute Gasteiger partial charge is 0.323 e. The van der Waals surface area contributed by atoms with Crippen molar-refractivity contribution in [3.05, 3.63) is 64.6 Å². The second-order valence-electron chi connectivity index (χ2n) is 5.97. The third-order valence-corrected chi connectivity index (χ3v) is 6.14. The van der Waals surface area contributed by atoms with E-state index in [1.54, 1.807) is 46.9 Å². The molecule has 0 spiro atoms. The van der Waals surface area contributed by atoms with Crippen molar-refractivity contribution in [3.63, 3.8) is 0 Å². The fourth-order valence-electron chi connectivity index (χ4n) is 2.65. The molecule has 8 nitrogen and oxygen atoms in total. The molecule has 0 saturated heterocycles. The van der Waals surface area contributed by atoms with E-state index in [2.05, 4.69) is 37.0 Å². The summed E-state index contributed by atoms with van der Waals surface area (Å²) in [5.74, 6) is 0.0208. The molecule has 148 valence electrons. The van der Waals surface area contributed by atoms with Gasteiger partial charge in [0.15, 0.2) is 5.16 Å². The number of halogens is 1. The van der Waals surface area contributed by atoms with E-state index in [1.807, 2.05) is 10.6 Å². The van der Waals surface area contributed by atoms with Crippen LogP contribution in [0.5, 0.6) is 0 Å². The first-order chi connectivity index (χ1) is 14.2. The normalized spacial score (nSPS) is 10.9. The first-order valence-electron chi connectivity index (χ1n) is 8.66. The van der Waals surface area contributed by atoms with E-state index in [4.69, 9.17) is 11.6 Å². The Bertz CT molecular complexity index is 1080. The van der Waals surface area contributed by atoms with E-state index in [9.17, 15) is 4.79 Å². The molecular weight excluding hydrogens is 430 g/mol. The molecule has 0 aliphatic carbocycles. The number of rotatable bonds is 8. The summed E-state index contributed by atoms with van der Waals surface area (Å²) < 4.78 is 3.53. The number of hydrogen-bond acceptors (Lipinski definition) is 7. The number of amides is 1. The molecule has 0 saturated carbocycles. The van der Waals surface area contributed by atoms with Gasteiger partial charge in [0.1, 0.15) is 19.0 Å². The average molecular weight is 446 g/mol. The molecule has 0 aliphatic rings. The number of anilines is 1. The van der Waals surface area contributed by atoms with Gasteiger partial charge in [-0.3, -0.25) is 4.79 Å². The molecule has 4 aromatic rings. The van der Waals surface area contributed by atoms with Crippen molar-refractivity contribution in [1.29, 1.82) is 0 Å². The van der Waals surface area contributed by atoms with Crippen molar-refractivity contribution >= 4 is 46.3 Å². The first-order valence-corrected chi connectivity index (χ1v) is 10.9.